The third-order valence-electron chi connectivity index (χ3n) is 3.56. The summed E-state index contributed by atoms with van der Waals surface area (Å²) in [4.78, 5) is 0. The number of nitrogens with zero attached hydrogens (tertiary/aromatic N) is 4. The van der Waals surface area contributed by atoms with Crippen LogP contribution >= 0.6 is 15.9 Å². The molecule has 3 aromatic rings. The average Bonchev–Trinajstić information content (AvgIpc) is 3.10. The molecule has 1 N–H and O–H groups in total. The minimum Gasteiger partial charge on any atom is -0.495 e. The number of benzene rings is 2. The van der Waals surface area contributed by atoms with E-state index in [0.717, 1.165) is 22.3 Å². The smallest absolute Gasteiger partial charge is 0.416 e. The van der Waals surface area contributed by atoms with E-state index in [4.69, 9.17) is 4.74 Å². The maximum Gasteiger partial charge on any atom is 0.416 e. The van der Waals surface area contributed by atoms with Crippen LogP contribution in [0.4, 0.5) is 18.9 Å². The molecule has 0 fully saturated rings. The van der Waals surface area contributed by atoms with Crippen LogP contribution in [0.15, 0.2) is 53.1 Å². The first-order valence-corrected chi connectivity index (χ1v) is 8.40. The average molecular weight is 440 g/mol. The van der Waals surface area contributed by atoms with Gasteiger partial charge in [-0.2, -0.15) is 17.9 Å². The summed E-state index contributed by atoms with van der Waals surface area (Å²) in [7, 11) is 1.38. The highest BCUT2D eigenvalue weighted by Gasteiger charge is 2.31. The van der Waals surface area contributed by atoms with Crippen LogP contribution in [0.1, 0.15) is 11.4 Å². The molecular formula is C17H13BrF3N5O. The number of rotatable bonds is 5. The number of nitrogens with one attached hydrogen (secondary N) is 1. The fourth-order valence-electron chi connectivity index (χ4n) is 2.27. The van der Waals surface area contributed by atoms with E-state index in [1.807, 2.05) is 24.3 Å². The molecule has 27 heavy (non-hydrogen) atoms. The normalized spacial score (nSPS) is 11.7. The predicted octanol–water partition coefficient (Wildman–Crippen LogP) is 4.54. The number of alkyl halides is 3. The van der Waals surface area contributed by atoms with Gasteiger partial charge in [0.05, 0.1) is 24.0 Å². The van der Waals surface area contributed by atoms with Gasteiger partial charge in [-0.1, -0.05) is 15.9 Å². The summed E-state index contributed by atoms with van der Waals surface area (Å²) in [6.07, 6.45) is -1.46. The van der Waals surface area contributed by atoms with Crippen LogP contribution in [0.2, 0.25) is 0 Å². The van der Waals surface area contributed by atoms with Crippen molar-refractivity contribution in [2.75, 3.05) is 12.4 Å². The predicted molar refractivity (Wildman–Crippen MR) is 97.5 cm³/mol. The van der Waals surface area contributed by atoms with Crippen LogP contribution in [0.5, 0.6) is 5.75 Å². The van der Waals surface area contributed by atoms with Gasteiger partial charge in [0.25, 0.3) is 0 Å². The van der Waals surface area contributed by atoms with Crippen LogP contribution in [-0.2, 0) is 6.18 Å². The number of tetrazole rings is 1. The second kappa shape index (κ2) is 7.78. The summed E-state index contributed by atoms with van der Waals surface area (Å²) < 4.78 is 46.2. The molecule has 0 saturated heterocycles. The molecule has 0 bridgehead atoms. The third kappa shape index (κ3) is 4.45. The largest absolute Gasteiger partial charge is 0.495 e. The summed E-state index contributed by atoms with van der Waals surface area (Å²) in [5.74, 6) is 0.677. The van der Waals surface area contributed by atoms with Gasteiger partial charge >= 0.3 is 6.18 Å². The Morgan fingerprint density at radius 2 is 1.89 bits per heavy atom. The molecule has 0 aliphatic heterocycles. The monoisotopic (exact) mass is 439 g/mol. The zero-order chi connectivity index (χ0) is 19.4. The third-order valence-corrected chi connectivity index (χ3v) is 4.09. The molecule has 6 nitrogen and oxygen atoms in total. The number of ether oxygens (including phenoxy) is 1. The van der Waals surface area contributed by atoms with Gasteiger partial charge < -0.3 is 10.1 Å². The molecule has 10 heteroatoms. The van der Waals surface area contributed by atoms with E-state index in [2.05, 4.69) is 36.8 Å². The fourth-order valence-corrected chi connectivity index (χ4v) is 2.53. The lowest BCUT2D eigenvalue weighted by molar-refractivity contribution is -0.137. The molecule has 2 aromatic carbocycles. The maximum absolute atomic E-state index is 12.9. The number of aromatic nitrogens is 4. The summed E-state index contributed by atoms with van der Waals surface area (Å²) in [6.45, 7) is 0. The Kier molecular flexibility index (Phi) is 5.45. The van der Waals surface area contributed by atoms with Crippen molar-refractivity contribution in [1.29, 1.82) is 0 Å². The van der Waals surface area contributed by atoms with Crippen LogP contribution in [-0.4, -0.2) is 27.3 Å². The Hall–Kier alpha value is -2.88. The molecular weight excluding hydrogens is 427 g/mol. The zero-order valence-electron chi connectivity index (χ0n) is 13.9. The van der Waals surface area contributed by atoms with Gasteiger partial charge in [-0.25, -0.2) is 0 Å². The molecule has 0 aliphatic carbocycles. The Bertz CT molecular complexity index is 954. The molecule has 0 unspecified atom stereocenters. The van der Waals surface area contributed by atoms with Crippen molar-refractivity contribution >= 4 is 27.7 Å². The molecule has 0 aliphatic rings. The van der Waals surface area contributed by atoms with Crippen LogP contribution in [0, 0.1) is 0 Å². The Morgan fingerprint density at radius 1 is 1.15 bits per heavy atom. The first-order valence-electron chi connectivity index (χ1n) is 7.61. The van der Waals surface area contributed by atoms with Crippen molar-refractivity contribution in [3.63, 3.8) is 0 Å². The number of hydrogen-bond acceptors (Lipinski definition) is 5. The van der Waals surface area contributed by atoms with E-state index in [1.54, 1.807) is 6.08 Å². The molecule has 0 spiro atoms. The van der Waals surface area contributed by atoms with Gasteiger partial charge in [-0.05, 0) is 52.9 Å². The van der Waals surface area contributed by atoms with E-state index in [1.165, 1.54) is 24.1 Å². The molecule has 0 radical (unpaired) electrons. The molecule has 0 atom stereocenters. The van der Waals surface area contributed by atoms with Crippen molar-refractivity contribution in [3.05, 3.63) is 64.5 Å². The van der Waals surface area contributed by atoms with Gasteiger partial charge in [0.1, 0.15) is 5.75 Å². The first-order chi connectivity index (χ1) is 12.9. The number of anilines is 1. The first kappa shape index (κ1) is 18.9. The van der Waals surface area contributed by atoms with Crippen LogP contribution < -0.4 is 10.1 Å². The lowest BCUT2D eigenvalue weighted by Crippen LogP contribution is -2.06. The highest BCUT2D eigenvalue weighted by molar-refractivity contribution is 9.10. The van der Waals surface area contributed by atoms with E-state index in [-0.39, 0.29) is 11.4 Å². The van der Waals surface area contributed by atoms with E-state index < -0.39 is 11.7 Å². The van der Waals surface area contributed by atoms with Gasteiger partial charge in [0, 0.05) is 16.7 Å². The molecule has 3 rings (SSSR count). The lowest BCUT2D eigenvalue weighted by Gasteiger charge is -2.12. The van der Waals surface area contributed by atoms with Crippen molar-refractivity contribution < 1.29 is 17.9 Å². The Balaban J connectivity index is 1.83. The lowest BCUT2D eigenvalue weighted by atomic mass is 10.2. The summed E-state index contributed by atoms with van der Waals surface area (Å²) in [5, 5.41) is 14.2. The molecule has 1 aromatic heterocycles. The van der Waals surface area contributed by atoms with Crippen molar-refractivity contribution in [2.45, 2.75) is 6.18 Å². The van der Waals surface area contributed by atoms with Crippen molar-refractivity contribution in [1.82, 2.24) is 20.2 Å². The number of methoxy groups -OCH3 is 1. The SMILES string of the molecule is COc1ccc(C(F)(F)F)cc1N/C=C/c1nnnn1-c1ccc(Br)cc1. The van der Waals surface area contributed by atoms with Gasteiger partial charge in [-0.3, -0.25) is 0 Å². The van der Waals surface area contributed by atoms with Crippen LogP contribution in [0.25, 0.3) is 11.8 Å². The zero-order valence-corrected chi connectivity index (χ0v) is 15.5. The second-order valence-electron chi connectivity index (χ2n) is 5.32. The van der Waals surface area contributed by atoms with E-state index in [0.29, 0.717) is 5.82 Å². The Labute approximate surface area is 160 Å². The van der Waals surface area contributed by atoms with E-state index in [9.17, 15) is 13.2 Å². The van der Waals surface area contributed by atoms with E-state index >= 15 is 0 Å². The standard InChI is InChI=1S/C17H13BrF3N5O/c1-27-15-7-2-11(17(19,20)21)10-14(15)22-9-8-16-23-24-25-26(16)13-5-3-12(18)4-6-13/h2-10,22H,1H3/b9-8+. The summed E-state index contributed by atoms with van der Waals surface area (Å²) >= 11 is 3.35. The molecule has 1 heterocycles. The van der Waals surface area contributed by atoms with Crippen LogP contribution in [0.3, 0.4) is 0 Å². The molecule has 0 amide bonds. The fraction of sp³-hybridized carbons (Fsp3) is 0.118. The summed E-state index contributed by atoms with van der Waals surface area (Å²) in [5.41, 5.74) is 0.129. The van der Waals surface area contributed by atoms with Gasteiger partial charge in [0.15, 0.2) is 5.82 Å². The number of hydrogen-bond donors (Lipinski definition) is 1. The summed E-state index contributed by atoms with van der Waals surface area (Å²) in [6, 6.07) is 10.5. The molecule has 140 valence electrons. The van der Waals surface area contributed by atoms with Gasteiger partial charge in [0.2, 0.25) is 0 Å². The Morgan fingerprint density at radius 3 is 2.56 bits per heavy atom. The topological polar surface area (TPSA) is 64.9 Å². The maximum atomic E-state index is 12.9. The highest BCUT2D eigenvalue weighted by atomic mass is 79.9. The van der Waals surface area contributed by atoms with Crippen molar-refractivity contribution in [3.8, 4) is 11.4 Å². The van der Waals surface area contributed by atoms with Gasteiger partial charge in [-0.15, -0.1) is 5.10 Å². The highest BCUT2D eigenvalue weighted by Crippen LogP contribution is 2.34. The van der Waals surface area contributed by atoms with Crippen molar-refractivity contribution in [2.24, 2.45) is 0 Å². The number of halogens is 4. The quantitative estimate of drug-likeness (QED) is 0.632. The minimum absolute atomic E-state index is 0.172. The minimum atomic E-state index is -4.45. The molecule has 0 saturated carbocycles. The second-order valence-corrected chi connectivity index (χ2v) is 6.23.